The summed E-state index contributed by atoms with van der Waals surface area (Å²) in [4.78, 5) is 2.63. The van der Waals surface area contributed by atoms with Gasteiger partial charge in [-0.3, -0.25) is 0 Å². The van der Waals surface area contributed by atoms with Crippen LogP contribution in [0.25, 0.3) is 0 Å². The Bertz CT molecular complexity index is 195. The van der Waals surface area contributed by atoms with Crippen LogP contribution in [0.4, 0.5) is 0 Å². The number of rotatable bonds is 2. The number of likely N-dealkylation sites (tertiary alicyclic amines) is 1. The van der Waals surface area contributed by atoms with Crippen LogP contribution in [0.2, 0.25) is 0 Å². The highest BCUT2D eigenvalue weighted by molar-refractivity contribution is 5.00. The Labute approximate surface area is 88.9 Å². The molecule has 14 heavy (non-hydrogen) atoms. The van der Waals surface area contributed by atoms with Crippen molar-refractivity contribution in [2.24, 2.45) is 11.3 Å². The topological polar surface area (TPSA) is 3.24 Å². The summed E-state index contributed by atoms with van der Waals surface area (Å²) in [5.41, 5.74) is 0.709. The van der Waals surface area contributed by atoms with Crippen LogP contribution in [-0.4, -0.2) is 24.5 Å². The van der Waals surface area contributed by atoms with Crippen molar-refractivity contribution in [3.8, 4) is 0 Å². The summed E-state index contributed by atoms with van der Waals surface area (Å²) >= 11 is 0. The molecule has 2 unspecified atom stereocenters. The molecule has 1 aliphatic carbocycles. The van der Waals surface area contributed by atoms with Gasteiger partial charge in [0.1, 0.15) is 0 Å². The van der Waals surface area contributed by atoms with E-state index in [2.05, 4.69) is 25.8 Å². The molecule has 1 heteroatoms. The third kappa shape index (κ3) is 1.71. The lowest BCUT2D eigenvalue weighted by molar-refractivity contribution is 0.0923. The molecule has 2 atom stereocenters. The molecule has 0 aromatic rings. The van der Waals surface area contributed by atoms with Gasteiger partial charge in [0.15, 0.2) is 0 Å². The van der Waals surface area contributed by atoms with Crippen LogP contribution in [0.15, 0.2) is 0 Å². The zero-order valence-corrected chi connectivity index (χ0v) is 10.1. The fourth-order valence-electron chi connectivity index (χ4n) is 3.98. The van der Waals surface area contributed by atoms with Crippen molar-refractivity contribution in [3.05, 3.63) is 0 Å². The van der Waals surface area contributed by atoms with Gasteiger partial charge in [0.2, 0.25) is 0 Å². The average molecular weight is 195 g/mol. The third-order valence-corrected chi connectivity index (χ3v) is 4.42. The molecule has 2 fully saturated rings. The van der Waals surface area contributed by atoms with Crippen molar-refractivity contribution in [1.29, 1.82) is 0 Å². The molecule has 0 spiro atoms. The van der Waals surface area contributed by atoms with E-state index in [1.54, 1.807) is 0 Å². The summed E-state index contributed by atoms with van der Waals surface area (Å²) in [6.07, 6.45) is 8.84. The summed E-state index contributed by atoms with van der Waals surface area (Å²) in [6.45, 7) is 6.12. The lowest BCUT2D eigenvalue weighted by Gasteiger charge is -2.42. The van der Waals surface area contributed by atoms with Gasteiger partial charge >= 0.3 is 0 Å². The predicted molar refractivity (Wildman–Crippen MR) is 61.4 cm³/mol. The van der Waals surface area contributed by atoms with E-state index >= 15 is 0 Å². The zero-order chi connectivity index (χ0) is 10.2. The molecule has 2 rings (SSSR count). The molecule has 0 N–H and O–H groups in total. The maximum absolute atomic E-state index is 2.63. The van der Waals surface area contributed by atoms with Crippen LogP contribution in [0.1, 0.15) is 52.4 Å². The maximum Gasteiger partial charge on any atom is 0.0149 e. The molecule has 0 aromatic carbocycles. The van der Waals surface area contributed by atoms with Crippen LogP contribution < -0.4 is 0 Å². The minimum absolute atomic E-state index is 0.709. The molecule has 82 valence electrons. The minimum atomic E-state index is 0.709. The average Bonchev–Trinajstić information content (AvgIpc) is 2.44. The molecule has 0 bridgehead atoms. The van der Waals surface area contributed by atoms with Crippen LogP contribution in [0.3, 0.4) is 0 Å². The molecule has 1 heterocycles. The normalized spacial score (nSPS) is 39.0. The van der Waals surface area contributed by atoms with Gasteiger partial charge in [0.05, 0.1) is 0 Å². The Morgan fingerprint density at radius 3 is 2.79 bits per heavy atom. The van der Waals surface area contributed by atoms with Gasteiger partial charge in [-0.1, -0.05) is 26.7 Å². The molecule has 0 radical (unpaired) electrons. The number of hydrogen-bond acceptors (Lipinski definition) is 1. The first-order valence-corrected chi connectivity index (χ1v) is 6.34. The first-order chi connectivity index (χ1) is 6.64. The summed E-state index contributed by atoms with van der Waals surface area (Å²) in [7, 11) is 2.33. The number of fused-ring (bicyclic) bond motifs is 1. The Balaban J connectivity index is 2.12. The Kier molecular flexibility index (Phi) is 2.88. The predicted octanol–water partition coefficient (Wildman–Crippen LogP) is 3.30. The smallest absolute Gasteiger partial charge is 0.0149 e. The molecular weight excluding hydrogens is 170 g/mol. The number of nitrogens with zero attached hydrogens (tertiary/aromatic N) is 1. The molecule has 1 nitrogen and oxygen atoms in total. The fourth-order valence-corrected chi connectivity index (χ4v) is 3.98. The monoisotopic (exact) mass is 195 g/mol. The highest BCUT2D eigenvalue weighted by Crippen LogP contribution is 2.50. The second kappa shape index (κ2) is 3.84. The summed E-state index contributed by atoms with van der Waals surface area (Å²) in [5, 5.41) is 0. The van der Waals surface area contributed by atoms with Crippen molar-refractivity contribution in [3.63, 3.8) is 0 Å². The Morgan fingerprint density at radius 1 is 1.29 bits per heavy atom. The molecule has 0 aromatic heterocycles. The Morgan fingerprint density at radius 2 is 2.07 bits per heavy atom. The lowest BCUT2D eigenvalue weighted by atomic mass is 9.66. The SMILES string of the molecule is CC(C)CC12CCCCC1N(C)CC2. The largest absolute Gasteiger partial charge is 0.303 e. The molecule has 2 aliphatic rings. The first kappa shape index (κ1) is 10.5. The van der Waals surface area contributed by atoms with Gasteiger partial charge in [0.25, 0.3) is 0 Å². The van der Waals surface area contributed by atoms with Crippen molar-refractivity contribution in [2.75, 3.05) is 13.6 Å². The van der Waals surface area contributed by atoms with Gasteiger partial charge in [0, 0.05) is 6.04 Å². The highest BCUT2D eigenvalue weighted by Gasteiger charge is 2.46. The quantitative estimate of drug-likeness (QED) is 0.653. The lowest BCUT2D eigenvalue weighted by Crippen LogP contribution is -2.41. The summed E-state index contributed by atoms with van der Waals surface area (Å²) in [5.74, 6) is 0.877. The zero-order valence-electron chi connectivity index (χ0n) is 10.1. The van der Waals surface area contributed by atoms with E-state index in [1.807, 2.05) is 0 Å². The highest BCUT2D eigenvalue weighted by atomic mass is 15.2. The molecule has 1 aliphatic heterocycles. The van der Waals surface area contributed by atoms with E-state index in [9.17, 15) is 0 Å². The summed E-state index contributed by atoms with van der Waals surface area (Å²) < 4.78 is 0. The van der Waals surface area contributed by atoms with Gasteiger partial charge in [-0.2, -0.15) is 0 Å². The molecule has 0 amide bonds. The molecular formula is C13H25N. The van der Waals surface area contributed by atoms with Gasteiger partial charge in [-0.05, 0) is 50.6 Å². The first-order valence-electron chi connectivity index (χ1n) is 6.34. The van der Waals surface area contributed by atoms with E-state index in [0.29, 0.717) is 5.41 Å². The maximum atomic E-state index is 2.63. The van der Waals surface area contributed by atoms with Crippen molar-refractivity contribution >= 4 is 0 Å². The van der Waals surface area contributed by atoms with Crippen molar-refractivity contribution in [1.82, 2.24) is 4.90 Å². The van der Waals surface area contributed by atoms with E-state index in [0.717, 1.165) is 12.0 Å². The Hall–Kier alpha value is -0.0400. The van der Waals surface area contributed by atoms with Crippen LogP contribution in [-0.2, 0) is 0 Å². The fraction of sp³-hybridized carbons (Fsp3) is 1.00. The van der Waals surface area contributed by atoms with Crippen molar-refractivity contribution in [2.45, 2.75) is 58.4 Å². The standard InChI is InChI=1S/C13H25N/c1-11(2)10-13-7-5-4-6-12(13)14(3)9-8-13/h11-12H,4-10H2,1-3H3. The van der Waals surface area contributed by atoms with Crippen LogP contribution in [0.5, 0.6) is 0 Å². The van der Waals surface area contributed by atoms with Crippen LogP contribution >= 0.6 is 0 Å². The van der Waals surface area contributed by atoms with E-state index in [1.165, 1.54) is 45.1 Å². The van der Waals surface area contributed by atoms with Gasteiger partial charge in [-0.25, -0.2) is 0 Å². The third-order valence-electron chi connectivity index (χ3n) is 4.42. The number of hydrogen-bond donors (Lipinski definition) is 0. The summed E-state index contributed by atoms with van der Waals surface area (Å²) in [6, 6.07) is 0.915. The van der Waals surface area contributed by atoms with Gasteiger partial charge in [-0.15, -0.1) is 0 Å². The van der Waals surface area contributed by atoms with Gasteiger partial charge < -0.3 is 4.90 Å². The van der Waals surface area contributed by atoms with E-state index in [-0.39, 0.29) is 0 Å². The molecule has 1 saturated carbocycles. The van der Waals surface area contributed by atoms with Crippen LogP contribution in [0, 0.1) is 11.3 Å². The second-order valence-corrected chi connectivity index (χ2v) is 5.95. The minimum Gasteiger partial charge on any atom is -0.303 e. The van der Waals surface area contributed by atoms with E-state index < -0.39 is 0 Å². The van der Waals surface area contributed by atoms with Crippen molar-refractivity contribution < 1.29 is 0 Å². The molecule has 1 saturated heterocycles. The van der Waals surface area contributed by atoms with E-state index in [4.69, 9.17) is 0 Å². The second-order valence-electron chi connectivity index (χ2n) is 5.95.